The van der Waals surface area contributed by atoms with Gasteiger partial charge in [-0.2, -0.15) is 0 Å². The summed E-state index contributed by atoms with van der Waals surface area (Å²) in [6.07, 6.45) is 4.52. The van der Waals surface area contributed by atoms with Crippen molar-refractivity contribution in [1.29, 1.82) is 0 Å². The molecule has 0 aromatic carbocycles. The molecular weight excluding hydrogens is 162 g/mol. The van der Waals surface area contributed by atoms with Gasteiger partial charge in [0.05, 0.1) is 5.69 Å². The summed E-state index contributed by atoms with van der Waals surface area (Å²) in [6.45, 7) is 6.51. The van der Waals surface area contributed by atoms with Crippen LogP contribution in [0.1, 0.15) is 57.4 Å². The van der Waals surface area contributed by atoms with E-state index in [2.05, 4.69) is 32.0 Å². The molecule has 0 spiro atoms. The number of hydrogen-bond donors (Lipinski definition) is 0. The minimum Gasteiger partial charge on any atom is -0.361 e. The average molecular weight is 181 g/mol. The second kappa shape index (κ2) is 5.05. The molecule has 2 heteroatoms. The molecule has 0 N–H and O–H groups in total. The topological polar surface area (TPSA) is 26.0 Å². The van der Waals surface area contributed by atoms with Gasteiger partial charge < -0.3 is 4.52 Å². The minimum atomic E-state index is 0.567. The molecule has 0 saturated carbocycles. The largest absolute Gasteiger partial charge is 0.361 e. The summed E-state index contributed by atoms with van der Waals surface area (Å²) in [5.41, 5.74) is 1.07. The Morgan fingerprint density at radius 1 is 1.38 bits per heavy atom. The zero-order valence-electron chi connectivity index (χ0n) is 8.84. The molecule has 1 rings (SSSR count). The number of hydrogen-bond acceptors (Lipinski definition) is 2. The lowest BCUT2D eigenvalue weighted by molar-refractivity contribution is 0.345. The third-order valence-electron chi connectivity index (χ3n) is 2.47. The van der Waals surface area contributed by atoms with Crippen LogP contribution >= 0.6 is 0 Å². The van der Waals surface area contributed by atoms with Crippen LogP contribution in [0.15, 0.2) is 10.6 Å². The standard InChI is InChI=1S/C11H19NO/c1-4-7-9(5-2)11-8-10(6-3)12-13-11/h8-9H,4-7H2,1-3H3. The SMILES string of the molecule is CCCC(CC)c1cc(CC)no1. The first-order valence-electron chi connectivity index (χ1n) is 5.27. The van der Waals surface area contributed by atoms with Gasteiger partial charge in [0.1, 0.15) is 5.76 Å². The van der Waals surface area contributed by atoms with Crippen LogP contribution in [0.3, 0.4) is 0 Å². The van der Waals surface area contributed by atoms with Crippen LogP contribution in [-0.4, -0.2) is 5.16 Å². The zero-order valence-corrected chi connectivity index (χ0v) is 8.84. The molecular formula is C11H19NO. The fraction of sp³-hybridized carbons (Fsp3) is 0.727. The highest BCUT2D eigenvalue weighted by molar-refractivity contribution is 5.09. The molecule has 74 valence electrons. The molecule has 0 fully saturated rings. The normalized spacial score (nSPS) is 13.2. The molecule has 1 atom stereocenters. The van der Waals surface area contributed by atoms with Crippen molar-refractivity contribution in [2.45, 2.75) is 52.4 Å². The molecule has 1 unspecified atom stereocenters. The summed E-state index contributed by atoms with van der Waals surface area (Å²) in [6, 6.07) is 2.10. The molecule has 1 aromatic rings. The second-order valence-electron chi connectivity index (χ2n) is 3.47. The van der Waals surface area contributed by atoms with Gasteiger partial charge in [-0.05, 0) is 19.3 Å². The van der Waals surface area contributed by atoms with Crippen LogP contribution in [-0.2, 0) is 6.42 Å². The lowest BCUT2D eigenvalue weighted by atomic mass is 9.98. The molecule has 2 nitrogen and oxygen atoms in total. The number of aryl methyl sites for hydroxylation is 1. The Balaban J connectivity index is 2.67. The Bertz CT molecular complexity index is 242. The van der Waals surface area contributed by atoms with Gasteiger partial charge in [0, 0.05) is 12.0 Å². The van der Waals surface area contributed by atoms with Gasteiger partial charge in [-0.1, -0.05) is 32.3 Å². The first-order chi connectivity index (χ1) is 6.31. The molecule has 0 aliphatic heterocycles. The highest BCUT2D eigenvalue weighted by atomic mass is 16.5. The monoisotopic (exact) mass is 181 g/mol. The Hall–Kier alpha value is -0.790. The summed E-state index contributed by atoms with van der Waals surface area (Å²) in [7, 11) is 0. The van der Waals surface area contributed by atoms with Crippen molar-refractivity contribution in [1.82, 2.24) is 5.16 Å². The summed E-state index contributed by atoms with van der Waals surface area (Å²) < 4.78 is 5.31. The van der Waals surface area contributed by atoms with Crippen LogP contribution in [0.4, 0.5) is 0 Å². The van der Waals surface area contributed by atoms with E-state index in [1.54, 1.807) is 0 Å². The molecule has 0 radical (unpaired) electrons. The quantitative estimate of drug-likeness (QED) is 0.694. The van der Waals surface area contributed by atoms with Crippen molar-refractivity contribution in [3.8, 4) is 0 Å². The van der Waals surface area contributed by atoms with Gasteiger partial charge in [0.15, 0.2) is 0 Å². The van der Waals surface area contributed by atoms with Gasteiger partial charge >= 0.3 is 0 Å². The molecule has 1 heterocycles. The van der Waals surface area contributed by atoms with Crippen LogP contribution < -0.4 is 0 Å². The highest BCUT2D eigenvalue weighted by Gasteiger charge is 2.13. The Morgan fingerprint density at radius 3 is 2.62 bits per heavy atom. The minimum absolute atomic E-state index is 0.567. The van der Waals surface area contributed by atoms with Gasteiger partial charge in [0.2, 0.25) is 0 Å². The van der Waals surface area contributed by atoms with E-state index in [-0.39, 0.29) is 0 Å². The fourth-order valence-electron chi connectivity index (χ4n) is 1.58. The average Bonchev–Trinajstić information content (AvgIpc) is 2.62. The van der Waals surface area contributed by atoms with E-state index in [1.165, 1.54) is 12.8 Å². The Kier molecular flexibility index (Phi) is 4.00. The lowest BCUT2D eigenvalue weighted by Gasteiger charge is -2.08. The van der Waals surface area contributed by atoms with E-state index in [0.29, 0.717) is 5.92 Å². The van der Waals surface area contributed by atoms with Gasteiger partial charge in [0.25, 0.3) is 0 Å². The maximum absolute atomic E-state index is 5.31. The van der Waals surface area contributed by atoms with Crippen molar-refractivity contribution < 1.29 is 4.52 Å². The van der Waals surface area contributed by atoms with Gasteiger partial charge in [-0.15, -0.1) is 0 Å². The van der Waals surface area contributed by atoms with E-state index < -0.39 is 0 Å². The summed E-state index contributed by atoms with van der Waals surface area (Å²) >= 11 is 0. The van der Waals surface area contributed by atoms with Crippen molar-refractivity contribution >= 4 is 0 Å². The predicted octanol–water partition coefficient (Wildman–Crippen LogP) is 3.53. The number of rotatable bonds is 5. The van der Waals surface area contributed by atoms with E-state index >= 15 is 0 Å². The second-order valence-corrected chi connectivity index (χ2v) is 3.47. The van der Waals surface area contributed by atoms with Crippen molar-refractivity contribution in [2.24, 2.45) is 0 Å². The zero-order chi connectivity index (χ0) is 9.68. The summed E-state index contributed by atoms with van der Waals surface area (Å²) in [4.78, 5) is 0. The predicted molar refractivity (Wildman–Crippen MR) is 53.8 cm³/mol. The number of nitrogens with zero attached hydrogens (tertiary/aromatic N) is 1. The molecule has 13 heavy (non-hydrogen) atoms. The van der Waals surface area contributed by atoms with Crippen molar-refractivity contribution in [3.63, 3.8) is 0 Å². The summed E-state index contributed by atoms with van der Waals surface area (Å²) in [5.74, 6) is 1.64. The van der Waals surface area contributed by atoms with Crippen molar-refractivity contribution in [2.75, 3.05) is 0 Å². The van der Waals surface area contributed by atoms with E-state index in [1.807, 2.05) is 0 Å². The molecule has 0 bridgehead atoms. The Morgan fingerprint density at radius 2 is 2.15 bits per heavy atom. The molecule has 0 saturated heterocycles. The van der Waals surface area contributed by atoms with E-state index in [0.717, 1.165) is 24.3 Å². The van der Waals surface area contributed by atoms with Crippen LogP contribution in [0.5, 0.6) is 0 Å². The maximum Gasteiger partial charge on any atom is 0.140 e. The lowest BCUT2D eigenvalue weighted by Crippen LogP contribution is -1.94. The maximum atomic E-state index is 5.31. The Labute approximate surface area is 80.3 Å². The molecule has 1 aromatic heterocycles. The number of aromatic nitrogens is 1. The first kappa shape index (κ1) is 10.3. The first-order valence-corrected chi connectivity index (χ1v) is 5.27. The van der Waals surface area contributed by atoms with Crippen LogP contribution in [0.2, 0.25) is 0 Å². The molecule has 0 aliphatic carbocycles. The van der Waals surface area contributed by atoms with Gasteiger partial charge in [-0.25, -0.2) is 0 Å². The fourth-order valence-corrected chi connectivity index (χ4v) is 1.58. The van der Waals surface area contributed by atoms with Gasteiger partial charge in [-0.3, -0.25) is 0 Å². The van der Waals surface area contributed by atoms with Crippen LogP contribution in [0.25, 0.3) is 0 Å². The smallest absolute Gasteiger partial charge is 0.140 e. The van der Waals surface area contributed by atoms with E-state index in [4.69, 9.17) is 4.52 Å². The highest BCUT2D eigenvalue weighted by Crippen LogP contribution is 2.25. The van der Waals surface area contributed by atoms with Crippen LogP contribution in [0, 0.1) is 0 Å². The molecule has 0 amide bonds. The third kappa shape index (κ3) is 2.58. The molecule has 0 aliphatic rings. The summed E-state index contributed by atoms with van der Waals surface area (Å²) in [5, 5.41) is 4.01. The third-order valence-corrected chi connectivity index (χ3v) is 2.47. The van der Waals surface area contributed by atoms with Crippen molar-refractivity contribution in [3.05, 3.63) is 17.5 Å². The van der Waals surface area contributed by atoms with E-state index in [9.17, 15) is 0 Å².